The summed E-state index contributed by atoms with van der Waals surface area (Å²) in [7, 11) is 1.57. The Balaban J connectivity index is 1.37. The zero-order valence-electron chi connectivity index (χ0n) is 17.4. The molecular formula is C25H23N3O3. The quantitative estimate of drug-likeness (QED) is 0.455. The van der Waals surface area contributed by atoms with Crippen LogP contribution in [0.4, 0.5) is 5.69 Å². The minimum atomic E-state index is -0.310. The van der Waals surface area contributed by atoms with Gasteiger partial charge in [-0.25, -0.2) is 4.68 Å². The Bertz CT molecular complexity index is 1170. The third kappa shape index (κ3) is 4.93. The van der Waals surface area contributed by atoms with E-state index in [0.717, 1.165) is 22.4 Å². The highest BCUT2D eigenvalue weighted by atomic mass is 16.5. The van der Waals surface area contributed by atoms with Crippen molar-refractivity contribution in [2.45, 2.75) is 13.7 Å². The first kappa shape index (κ1) is 20.2. The number of rotatable bonds is 7. The molecule has 0 aliphatic rings. The van der Waals surface area contributed by atoms with Crippen LogP contribution in [0.5, 0.6) is 11.5 Å². The molecular weight excluding hydrogens is 390 g/mol. The van der Waals surface area contributed by atoms with E-state index >= 15 is 0 Å². The minimum Gasteiger partial charge on any atom is -0.495 e. The first-order valence-electron chi connectivity index (χ1n) is 9.90. The number of amides is 1. The second-order valence-corrected chi connectivity index (χ2v) is 7.06. The number of methoxy groups -OCH3 is 1. The molecule has 1 aromatic heterocycles. The lowest BCUT2D eigenvalue weighted by Gasteiger charge is -2.10. The second kappa shape index (κ2) is 9.17. The molecule has 0 unspecified atom stereocenters. The standard InChI is InChI=1S/C25H23N3O3/c1-18-8-13-24(30-2)23(16-18)26-25(29)22-14-15-28(27-22)17-31-21-11-9-20(10-12-21)19-6-4-3-5-7-19/h3-16H,17H2,1-2H3,(H,26,29). The Morgan fingerprint density at radius 3 is 2.45 bits per heavy atom. The molecule has 4 aromatic rings. The van der Waals surface area contributed by atoms with Gasteiger partial charge >= 0.3 is 0 Å². The zero-order chi connectivity index (χ0) is 21.6. The molecule has 0 bridgehead atoms. The van der Waals surface area contributed by atoms with E-state index in [-0.39, 0.29) is 12.6 Å². The van der Waals surface area contributed by atoms with E-state index in [1.807, 2.05) is 67.6 Å². The van der Waals surface area contributed by atoms with Crippen molar-refractivity contribution in [3.8, 4) is 22.6 Å². The molecule has 3 aromatic carbocycles. The average Bonchev–Trinajstić information content (AvgIpc) is 3.28. The molecule has 0 saturated carbocycles. The van der Waals surface area contributed by atoms with Gasteiger partial charge in [-0.3, -0.25) is 4.79 Å². The number of aromatic nitrogens is 2. The van der Waals surface area contributed by atoms with Gasteiger partial charge in [-0.2, -0.15) is 5.10 Å². The third-order valence-corrected chi connectivity index (χ3v) is 4.80. The summed E-state index contributed by atoms with van der Waals surface area (Å²) >= 11 is 0. The molecule has 0 aliphatic carbocycles. The number of nitrogens with one attached hydrogen (secondary N) is 1. The summed E-state index contributed by atoms with van der Waals surface area (Å²) in [6.45, 7) is 2.15. The molecule has 156 valence electrons. The highest BCUT2D eigenvalue weighted by Gasteiger charge is 2.13. The van der Waals surface area contributed by atoms with Gasteiger partial charge in [0, 0.05) is 6.20 Å². The van der Waals surface area contributed by atoms with Crippen LogP contribution in [-0.4, -0.2) is 22.8 Å². The predicted octanol–water partition coefficient (Wildman–Crippen LogP) is 5.16. The molecule has 4 rings (SSSR count). The van der Waals surface area contributed by atoms with E-state index < -0.39 is 0 Å². The lowest BCUT2D eigenvalue weighted by atomic mass is 10.1. The Labute approximate surface area is 181 Å². The summed E-state index contributed by atoms with van der Waals surface area (Å²) in [5, 5.41) is 7.15. The van der Waals surface area contributed by atoms with Gasteiger partial charge in [-0.05, 0) is 53.9 Å². The van der Waals surface area contributed by atoms with Crippen molar-refractivity contribution >= 4 is 11.6 Å². The van der Waals surface area contributed by atoms with Crippen molar-refractivity contribution < 1.29 is 14.3 Å². The molecule has 6 heteroatoms. The number of hydrogen-bond donors (Lipinski definition) is 1. The van der Waals surface area contributed by atoms with Crippen LogP contribution < -0.4 is 14.8 Å². The Hall–Kier alpha value is -4.06. The fraction of sp³-hybridized carbons (Fsp3) is 0.120. The number of carbonyl (C=O) groups excluding carboxylic acids is 1. The van der Waals surface area contributed by atoms with Crippen LogP contribution >= 0.6 is 0 Å². The summed E-state index contributed by atoms with van der Waals surface area (Å²) in [5.41, 5.74) is 4.20. The zero-order valence-corrected chi connectivity index (χ0v) is 17.4. The topological polar surface area (TPSA) is 65.4 Å². The van der Waals surface area contributed by atoms with Crippen LogP contribution in [0.1, 0.15) is 16.1 Å². The van der Waals surface area contributed by atoms with Crippen molar-refractivity contribution in [2.75, 3.05) is 12.4 Å². The second-order valence-electron chi connectivity index (χ2n) is 7.06. The SMILES string of the molecule is COc1ccc(C)cc1NC(=O)c1ccn(COc2ccc(-c3ccccc3)cc2)n1. The summed E-state index contributed by atoms with van der Waals surface area (Å²) in [4.78, 5) is 12.6. The fourth-order valence-electron chi connectivity index (χ4n) is 3.18. The van der Waals surface area contributed by atoms with Crippen molar-refractivity contribution in [1.82, 2.24) is 9.78 Å². The van der Waals surface area contributed by atoms with Crippen molar-refractivity contribution in [3.05, 3.63) is 96.3 Å². The molecule has 6 nitrogen and oxygen atoms in total. The Morgan fingerprint density at radius 1 is 0.968 bits per heavy atom. The normalized spacial score (nSPS) is 10.5. The third-order valence-electron chi connectivity index (χ3n) is 4.80. The number of hydrogen-bond acceptors (Lipinski definition) is 4. The molecule has 1 N–H and O–H groups in total. The van der Waals surface area contributed by atoms with Gasteiger partial charge in [0.1, 0.15) is 11.5 Å². The van der Waals surface area contributed by atoms with Crippen LogP contribution in [0.3, 0.4) is 0 Å². The van der Waals surface area contributed by atoms with Crippen molar-refractivity contribution in [3.63, 3.8) is 0 Å². The number of nitrogens with zero attached hydrogens (tertiary/aromatic N) is 2. The maximum atomic E-state index is 12.6. The number of carbonyl (C=O) groups is 1. The summed E-state index contributed by atoms with van der Waals surface area (Å²) < 4.78 is 12.7. The van der Waals surface area contributed by atoms with E-state index in [2.05, 4.69) is 22.5 Å². The number of anilines is 1. The first-order valence-corrected chi connectivity index (χ1v) is 9.90. The highest BCUT2D eigenvalue weighted by Crippen LogP contribution is 2.26. The van der Waals surface area contributed by atoms with Crippen LogP contribution in [0.2, 0.25) is 0 Å². The fourth-order valence-corrected chi connectivity index (χ4v) is 3.18. The minimum absolute atomic E-state index is 0.200. The van der Waals surface area contributed by atoms with Gasteiger partial charge in [0.25, 0.3) is 5.91 Å². The van der Waals surface area contributed by atoms with Gasteiger partial charge in [-0.1, -0.05) is 48.5 Å². The monoisotopic (exact) mass is 413 g/mol. The molecule has 0 atom stereocenters. The lowest BCUT2D eigenvalue weighted by Crippen LogP contribution is -2.15. The lowest BCUT2D eigenvalue weighted by molar-refractivity contribution is 0.102. The predicted molar refractivity (Wildman–Crippen MR) is 120 cm³/mol. The first-order chi connectivity index (χ1) is 15.1. The van der Waals surface area contributed by atoms with E-state index in [9.17, 15) is 4.79 Å². The largest absolute Gasteiger partial charge is 0.495 e. The molecule has 0 radical (unpaired) electrons. The van der Waals surface area contributed by atoms with Crippen molar-refractivity contribution in [2.24, 2.45) is 0 Å². The molecule has 0 saturated heterocycles. The molecule has 1 amide bonds. The van der Waals surface area contributed by atoms with Crippen molar-refractivity contribution in [1.29, 1.82) is 0 Å². The van der Waals surface area contributed by atoms with Gasteiger partial charge in [0.05, 0.1) is 12.8 Å². The van der Waals surface area contributed by atoms with Gasteiger partial charge < -0.3 is 14.8 Å². The van der Waals surface area contributed by atoms with Gasteiger partial charge in [0.15, 0.2) is 12.4 Å². The molecule has 31 heavy (non-hydrogen) atoms. The van der Waals surface area contributed by atoms with Crippen LogP contribution in [0.15, 0.2) is 85.1 Å². The summed E-state index contributed by atoms with van der Waals surface area (Å²) in [5.74, 6) is 1.02. The Morgan fingerprint density at radius 2 is 1.71 bits per heavy atom. The van der Waals surface area contributed by atoms with Crippen LogP contribution in [-0.2, 0) is 6.73 Å². The average molecular weight is 413 g/mol. The number of benzene rings is 3. The van der Waals surface area contributed by atoms with E-state index in [4.69, 9.17) is 9.47 Å². The number of ether oxygens (including phenoxy) is 2. The molecule has 1 heterocycles. The maximum absolute atomic E-state index is 12.6. The van der Waals surface area contributed by atoms with E-state index in [1.54, 1.807) is 24.1 Å². The maximum Gasteiger partial charge on any atom is 0.276 e. The highest BCUT2D eigenvalue weighted by molar-refractivity contribution is 6.03. The molecule has 0 aliphatic heterocycles. The van der Waals surface area contributed by atoms with Gasteiger partial charge in [0.2, 0.25) is 0 Å². The van der Waals surface area contributed by atoms with Crippen LogP contribution in [0, 0.1) is 6.92 Å². The van der Waals surface area contributed by atoms with E-state index in [0.29, 0.717) is 17.1 Å². The molecule has 0 fully saturated rings. The van der Waals surface area contributed by atoms with E-state index in [1.165, 1.54) is 0 Å². The summed E-state index contributed by atoms with van der Waals surface area (Å²) in [6, 6.07) is 25.3. The number of aryl methyl sites for hydroxylation is 1. The smallest absolute Gasteiger partial charge is 0.276 e. The van der Waals surface area contributed by atoms with Gasteiger partial charge in [-0.15, -0.1) is 0 Å². The van der Waals surface area contributed by atoms with Crippen LogP contribution in [0.25, 0.3) is 11.1 Å². The molecule has 0 spiro atoms. The summed E-state index contributed by atoms with van der Waals surface area (Å²) in [6.07, 6.45) is 1.71. The Kier molecular flexibility index (Phi) is 5.98.